The van der Waals surface area contributed by atoms with Crippen LogP contribution < -0.4 is 21.3 Å². The summed E-state index contributed by atoms with van der Waals surface area (Å²) in [4.78, 5) is 60.8. The molecule has 12 heteroatoms. The highest BCUT2D eigenvalue weighted by molar-refractivity contribution is 6.29. The number of hydrogen-bond donors (Lipinski definition) is 4. The first kappa shape index (κ1) is 32.7. The van der Waals surface area contributed by atoms with Crippen LogP contribution in [-0.2, 0) is 25.5 Å². The molecule has 0 aliphatic rings. The van der Waals surface area contributed by atoms with Gasteiger partial charge in [0.25, 0.3) is 11.8 Å². The zero-order valence-corrected chi connectivity index (χ0v) is 25.0. The van der Waals surface area contributed by atoms with Crippen LogP contribution in [0, 0.1) is 6.92 Å². The van der Waals surface area contributed by atoms with Crippen molar-refractivity contribution >= 4 is 41.2 Å². The summed E-state index contributed by atoms with van der Waals surface area (Å²) in [6, 6.07) is 17.1. The highest BCUT2D eigenvalue weighted by Crippen LogP contribution is 2.11. The fourth-order valence-corrected chi connectivity index (χ4v) is 4.28. The Kier molecular flexibility index (Phi) is 12.7. The Hall–Kier alpha value is -4.77. The van der Waals surface area contributed by atoms with E-state index in [-0.39, 0.29) is 29.6 Å². The molecule has 3 amide bonds. The largest absolute Gasteiger partial charge is 0.467 e. The summed E-state index contributed by atoms with van der Waals surface area (Å²) in [5, 5.41) is 11.0. The highest BCUT2D eigenvalue weighted by Gasteiger charge is 2.28. The summed E-state index contributed by atoms with van der Waals surface area (Å²) in [6.45, 7) is 3.68. The number of nitrogens with zero attached hydrogens (tertiary/aromatic N) is 2. The second kappa shape index (κ2) is 16.6. The molecule has 0 aliphatic heterocycles. The third-order valence-electron chi connectivity index (χ3n) is 6.25. The van der Waals surface area contributed by atoms with Crippen molar-refractivity contribution < 1.29 is 23.9 Å². The lowest BCUT2D eigenvalue weighted by molar-refractivity contribution is -0.145. The molecule has 43 heavy (non-hydrogen) atoms. The number of anilines is 1. The molecule has 0 radical (unpaired) electrons. The quantitative estimate of drug-likeness (QED) is 0.123. The van der Waals surface area contributed by atoms with Gasteiger partial charge in [-0.05, 0) is 37.1 Å². The van der Waals surface area contributed by atoms with Crippen molar-refractivity contribution in [3.8, 4) is 0 Å². The zero-order chi connectivity index (χ0) is 31.2. The summed E-state index contributed by atoms with van der Waals surface area (Å²) in [7, 11) is 1.24. The number of carbonyl (C=O) groups is 4. The Morgan fingerprint density at radius 3 is 2.26 bits per heavy atom. The highest BCUT2D eigenvalue weighted by atomic mass is 35.5. The number of aromatic nitrogens is 2. The van der Waals surface area contributed by atoms with Gasteiger partial charge in [-0.2, -0.15) is 0 Å². The number of ether oxygens (including phenoxy) is 1. The Morgan fingerprint density at radius 2 is 1.63 bits per heavy atom. The molecule has 0 unspecified atom stereocenters. The number of benzene rings is 2. The van der Waals surface area contributed by atoms with E-state index in [0.717, 1.165) is 12.0 Å². The number of carbonyl (C=O) groups excluding carboxylic acids is 4. The van der Waals surface area contributed by atoms with Crippen molar-refractivity contribution in [1.29, 1.82) is 0 Å². The van der Waals surface area contributed by atoms with Gasteiger partial charge in [0.2, 0.25) is 11.9 Å². The van der Waals surface area contributed by atoms with Crippen molar-refractivity contribution in [2.45, 2.75) is 51.6 Å². The molecule has 11 nitrogen and oxygen atoms in total. The van der Waals surface area contributed by atoms with Crippen molar-refractivity contribution in [2.24, 2.45) is 0 Å². The molecule has 3 rings (SSSR count). The number of aryl methyl sites for hydroxylation is 1. The Bertz CT molecular complexity index is 1410. The summed E-state index contributed by atoms with van der Waals surface area (Å²) in [5.74, 6) is -2.37. The minimum absolute atomic E-state index is 0.103. The molecule has 1 aromatic heterocycles. The number of hydrogen-bond acceptors (Lipinski definition) is 8. The van der Waals surface area contributed by atoms with Gasteiger partial charge in [0, 0.05) is 23.9 Å². The summed E-state index contributed by atoms with van der Waals surface area (Å²) < 4.78 is 4.92. The van der Waals surface area contributed by atoms with Gasteiger partial charge < -0.3 is 26.0 Å². The van der Waals surface area contributed by atoms with E-state index in [2.05, 4.69) is 31.2 Å². The monoisotopic (exact) mass is 606 g/mol. The van der Waals surface area contributed by atoms with Crippen LogP contribution in [0.4, 0.5) is 5.95 Å². The third kappa shape index (κ3) is 10.5. The van der Waals surface area contributed by atoms with Crippen LogP contribution >= 0.6 is 11.6 Å². The number of methoxy groups -OCH3 is 1. The summed E-state index contributed by atoms with van der Waals surface area (Å²) >= 11 is 6.03. The van der Waals surface area contributed by atoms with E-state index in [0.29, 0.717) is 17.7 Å². The number of amides is 3. The number of rotatable bonds is 14. The molecule has 0 spiro atoms. The third-order valence-corrected chi connectivity index (χ3v) is 6.44. The molecule has 0 fully saturated rings. The number of halogens is 1. The van der Waals surface area contributed by atoms with E-state index in [4.69, 9.17) is 16.3 Å². The second-order valence-corrected chi connectivity index (χ2v) is 10.0. The maximum atomic E-state index is 13.5. The van der Waals surface area contributed by atoms with Crippen molar-refractivity contribution in [1.82, 2.24) is 25.9 Å². The van der Waals surface area contributed by atoms with Gasteiger partial charge in [-0.25, -0.2) is 14.8 Å². The molecule has 0 bridgehead atoms. The minimum Gasteiger partial charge on any atom is -0.467 e. The van der Waals surface area contributed by atoms with E-state index < -0.39 is 35.8 Å². The molecule has 0 aliphatic carbocycles. The van der Waals surface area contributed by atoms with Crippen LogP contribution in [0.5, 0.6) is 0 Å². The van der Waals surface area contributed by atoms with Gasteiger partial charge in [-0.1, -0.05) is 79.9 Å². The molecular formula is C31H35ClN6O5. The van der Waals surface area contributed by atoms with Crippen molar-refractivity contribution in [3.63, 3.8) is 0 Å². The second-order valence-electron chi connectivity index (χ2n) is 9.62. The van der Waals surface area contributed by atoms with Crippen LogP contribution in [0.15, 0.2) is 78.6 Å². The van der Waals surface area contributed by atoms with Gasteiger partial charge in [-0.15, -0.1) is 0 Å². The van der Waals surface area contributed by atoms with Crippen molar-refractivity contribution in [3.05, 3.63) is 101 Å². The van der Waals surface area contributed by atoms with Gasteiger partial charge in [0.15, 0.2) is 0 Å². The maximum Gasteiger partial charge on any atom is 0.328 e. The first-order valence-electron chi connectivity index (χ1n) is 13.8. The van der Waals surface area contributed by atoms with Crippen LogP contribution in [0.1, 0.15) is 47.8 Å². The van der Waals surface area contributed by atoms with Gasteiger partial charge in [-0.3, -0.25) is 14.4 Å². The Balaban J connectivity index is 1.84. The Labute approximate surface area is 255 Å². The average Bonchev–Trinajstić information content (AvgIpc) is 3.00. The maximum absolute atomic E-state index is 13.5. The molecule has 226 valence electrons. The fourth-order valence-electron chi connectivity index (χ4n) is 4.04. The number of nitrogens with one attached hydrogen (secondary N) is 4. The molecule has 3 aromatic rings. The molecule has 0 saturated heterocycles. The van der Waals surface area contributed by atoms with E-state index in [1.165, 1.54) is 13.3 Å². The molecule has 2 aromatic carbocycles. The summed E-state index contributed by atoms with van der Waals surface area (Å²) in [5.41, 5.74) is 1.53. The predicted molar refractivity (Wildman–Crippen MR) is 163 cm³/mol. The van der Waals surface area contributed by atoms with E-state index >= 15 is 0 Å². The predicted octanol–water partition coefficient (Wildman–Crippen LogP) is 3.70. The van der Waals surface area contributed by atoms with Crippen LogP contribution in [0.2, 0.25) is 5.15 Å². The average molecular weight is 607 g/mol. The van der Waals surface area contributed by atoms with E-state index in [1.807, 2.05) is 37.3 Å². The first-order valence-corrected chi connectivity index (χ1v) is 14.1. The summed E-state index contributed by atoms with van der Waals surface area (Å²) in [6.07, 6.45) is 3.09. The standard InChI is InChI=1S/C31H35ClN6O5/c1-4-5-16-23(28(40)36-24(30(42)43-3)18-21-12-8-6-9-13-21)35-29(41)25(37-27(39)22-14-10-7-11-15-22)19-33-31-34-20(2)17-26(32)38-31/h6-15,17,19,23-24H,4-5,16,18H2,1-3H3,(H,35,41)(H,36,40)(H,37,39)(H,33,34,38)/b25-19+/t23-,24-/m0/s1. The molecular weight excluding hydrogens is 572 g/mol. The number of esters is 1. The Morgan fingerprint density at radius 1 is 0.953 bits per heavy atom. The smallest absolute Gasteiger partial charge is 0.328 e. The van der Waals surface area contributed by atoms with Gasteiger partial charge in [0.1, 0.15) is 22.9 Å². The van der Waals surface area contributed by atoms with Gasteiger partial charge in [0.05, 0.1) is 7.11 Å². The lowest BCUT2D eigenvalue weighted by atomic mass is 10.0. The zero-order valence-electron chi connectivity index (χ0n) is 24.2. The fraction of sp³-hybridized carbons (Fsp3) is 0.290. The number of unbranched alkanes of at least 4 members (excludes halogenated alkanes) is 1. The topological polar surface area (TPSA) is 151 Å². The van der Waals surface area contributed by atoms with E-state index in [9.17, 15) is 19.2 Å². The van der Waals surface area contributed by atoms with Crippen LogP contribution in [0.25, 0.3) is 0 Å². The SMILES string of the molecule is CCCC[C@H](NC(=O)/C(=C\Nc1nc(C)cc(Cl)n1)NC(=O)c1ccccc1)C(=O)N[C@@H](Cc1ccccc1)C(=O)OC. The molecule has 1 heterocycles. The minimum atomic E-state index is -1.02. The lowest BCUT2D eigenvalue weighted by Crippen LogP contribution is -2.53. The van der Waals surface area contributed by atoms with Gasteiger partial charge >= 0.3 is 5.97 Å². The van der Waals surface area contributed by atoms with Crippen molar-refractivity contribution in [2.75, 3.05) is 12.4 Å². The van der Waals surface area contributed by atoms with Crippen LogP contribution in [-0.4, -0.2) is 52.9 Å². The first-order chi connectivity index (χ1) is 20.7. The van der Waals surface area contributed by atoms with E-state index in [1.54, 1.807) is 43.3 Å². The molecule has 0 saturated carbocycles. The molecule has 4 N–H and O–H groups in total. The lowest BCUT2D eigenvalue weighted by Gasteiger charge is -2.23. The molecule has 2 atom stereocenters. The van der Waals surface area contributed by atoms with Crippen LogP contribution in [0.3, 0.4) is 0 Å². The normalized spacial score (nSPS) is 12.4.